The molecule has 0 radical (unpaired) electrons. The van der Waals surface area contributed by atoms with Gasteiger partial charge in [-0.15, -0.1) is 0 Å². The average molecular weight is 374 g/mol. The van der Waals surface area contributed by atoms with Crippen LogP contribution in [0, 0.1) is 17.8 Å². The van der Waals surface area contributed by atoms with Gasteiger partial charge in [0.15, 0.2) is 0 Å². The molecule has 1 fully saturated rings. The van der Waals surface area contributed by atoms with Crippen LogP contribution in [0.15, 0.2) is 0 Å². The van der Waals surface area contributed by atoms with Crippen molar-refractivity contribution < 1.29 is 9.59 Å². The highest BCUT2D eigenvalue weighted by Gasteiger charge is 2.27. The van der Waals surface area contributed by atoms with Gasteiger partial charge in [-0.1, -0.05) is 13.8 Å². The minimum atomic E-state index is -0.0993. The lowest BCUT2D eigenvalue weighted by Gasteiger charge is -2.28. The number of rotatable bonds is 6. The van der Waals surface area contributed by atoms with Gasteiger partial charge in [0.2, 0.25) is 5.91 Å². The van der Waals surface area contributed by atoms with Crippen LogP contribution in [0.3, 0.4) is 0 Å². The van der Waals surface area contributed by atoms with Crippen molar-refractivity contribution in [2.45, 2.75) is 52.4 Å². The van der Waals surface area contributed by atoms with Gasteiger partial charge < -0.3 is 16.0 Å². The van der Waals surface area contributed by atoms with Gasteiger partial charge in [0.25, 0.3) is 5.91 Å². The molecule has 2 aliphatic rings. The molecule has 7 nitrogen and oxygen atoms in total. The molecule has 1 saturated carbocycles. The zero-order chi connectivity index (χ0) is 19.4. The molecule has 0 unspecified atom stereocenters. The Morgan fingerprint density at radius 3 is 2.63 bits per heavy atom. The topological polar surface area (TPSA) is 96.0 Å². The Balaban J connectivity index is 1.68. The summed E-state index contributed by atoms with van der Waals surface area (Å²) >= 11 is 0. The summed E-state index contributed by atoms with van der Waals surface area (Å²) in [6, 6.07) is 0. The smallest absolute Gasteiger partial charge is 0.270 e. The fourth-order valence-electron chi connectivity index (χ4n) is 4.02. The van der Waals surface area contributed by atoms with Gasteiger partial charge in [0.05, 0.1) is 0 Å². The number of hydrogen-bond donors (Lipinski definition) is 3. The maximum atomic E-state index is 12.2. The summed E-state index contributed by atoms with van der Waals surface area (Å²) in [6.45, 7) is 5.71. The van der Waals surface area contributed by atoms with E-state index in [9.17, 15) is 9.59 Å². The van der Waals surface area contributed by atoms with Crippen molar-refractivity contribution in [2.75, 3.05) is 25.5 Å². The zero-order valence-electron chi connectivity index (χ0n) is 16.6. The minimum absolute atomic E-state index is 0.0993. The van der Waals surface area contributed by atoms with Crippen molar-refractivity contribution in [1.82, 2.24) is 20.6 Å². The second-order valence-electron chi connectivity index (χ2n) is 8.13. The highest BCUT2D eigenvalue weighted by Crippen LogP contribution is 2.30. The van der Waals surface area contributed by atoms with Crippen molar-refractivity contribution in [2.24, 2.45) is 17.8 Å². The van der Waals surface area contributed by atoms with Crippen LogP contribution < -0.4 is 16.0 Å². The number of carbonyl (C=O) groups excluding carboxylic acids is 2. The van der Waals surface area contributed by atoms with E-state index in [1.165, 1.54) is 0 Å². The Hall–Kier alpha value is -2.18. The van der Waals surface area contributed by atoms with Crippen molar-refractivity contribution in [3.05, 3.63) is 17.1 Å². The van der Waals surface area contributed by atoms with Gasteiger partial charge in [-0.05, 0) is 43.9 Å². The van der Waals surface area contributed by atoms with Crippen LogP contribution >= 0.6 is 0 Å². The normalized spacial score (nSPS) is 22.1. The van der Waals surface area contributed by atoms with E-state index in [0.717, 1.165) is 62.3 Å². The van der Waals surface area contributed by atoms with E-state index in [4.69, 9.17) is 4.98 Å². The van der Waals surface area contributed by atoms with Gasteiger partial charge in [-0.25, -0.2) is 9.97 Å². The number of carbonyl (C=O) groups is 2. The standard InChI is InChI=1S/C20H31N5O2/c1-12(2)10-16-24-17-15(8-9-22-20(17)27)18(25-16)23-11-13-4-6-14(7-5-13)19(26)21-3/h12-14H,4-11H2,1-3H3,(H,21,26)(H,22,27)(H,23,24,25). The maximum Gasteiger partial charge on any atom is 0.270 e. The Bertz CT molecular complexity index is 696. The molecule has 1 aromatic heterocycles. The lowest BCUT2D eigenvalue weighted by Crippen LogP contribution is -2.35. The van der Waals surface area contributed by atoms with Gasteiger partial charge >= 0.3 is 0 Å². The highest BCUT2D eigenvalue weighted by atomic mass is 16.2. The van der Waals surface area contributed by atoms with Gasteiger partial charge in [-0.3, -0.25) is 9.59 Å². The van der Waals surface area contributed by atoms with Crippen molar-refractivity contribution in [3.8, 4) is 0 Å². The Kier molecular flexibility index (Phi) is 6.29. The second-order valence-corrected chi connectivity index (χ2v) is 8.13. The predicted molar refractivity (Wildman–Crippen MR) is 105 cm³/mol. The number of aromatic nitrogens is 2. The van der Waals surface area contributed by atoms with Crippen LogP contribution in [-0.2, 0) is 17.6 Å². The molecule has 0 spiro atoms. The van der Waals surface area contributed by atoms with Crippen molar-refractivity contribution in [1.29, 1.82) is 0 Å². The first-order valence-corrected chi connectivity index (χ1v) is 10.1. The summed E-state index contributed by atoms with van der Waals surface area (Å²) in [5, 5.41) is 9.14. The van der Waals surface area contributed by atoms with Crippen molar-refractivity contribution in [3.63, 3.8) is 0 Å². The third-order valence-electron chi connectivity index (χ3n) is 5.54. The highest BCUT2D eigenvalue weighted by molar-refractivity contribution is 5.96. The lowest BCUT2D eigenvalue weighted by molar-refractivity contribution is -0.125. The van der Waals surface area contributed by atoms with Gasteiger partial charge in [-0.2, -0.15) is 0 Å². The van der Waals surface area contributed by atoms with Gasteiger partial charge in [0, 0.05) is 38.0 Å². The van der Waals surface area contributed by atoms with E-state index in [1.54, 1.807) is 7.05 Å². The maximum absolute atomic E-state index is 12.2. The molecule has 3 N–H and O–H groups in total. The Morgan fingerprint density at radius 1 is 1.22 bits per heavy atom. The molecule has 0 aromatic carbocycles. The van der Waals surface area contributed by atoms with Crippen LogP contribution in [0.25, 0.3) is 0 Å². The minimum Gasteiger partial charge on any atom is -0.369 e. The van der Waals surface area contributed by atoms with Crippen LogP contribution in [0.1, 0.15) is 61.4 Å². The molecule has 1 aliphatic heterocycles. The van der Waals surface area contributed by atoms with E-state index in [-0.39, 0.29) is 17.7 Å². The summed E-state index contributed by atoms with van der Waals surface area (Å²) in [7, 11) is 1.71. The van der Waals surface area contributed by atoms with E-state index < -0.39 is 0 Å². The fraction of sp³-hybridized carbons (Fsp3) is 0.700. The molecule has 2 amide bonds. The summed E-state index contributed by atoms with van der Waals surface area (Å²) in [4.78, 5) is 33.3. The van der Waals surface area contributed by atoms with Crippen LogP contribution in [-0.4, -0.2) is 41.9 Å². The first-order chi connectivity index (χ1) is 13.0. The average Bonchev–Trinajstić information content (AvgIpc) is 2.66. The molecule has 7 heteroatoms. The SMILES string of the molecule is CNC(=O)C1CCC(CNc2nc(CC(C)C)nc3c2CCNC3=O)CC1. The third kappa shape index (κ3) is 4.76. The molecule has 2 heterocycles. The number of nitrogens with zero attached hydrogens (tertiary/aromatic N) is 2. The molecular formula is C20H31N5O2. The summed E-state index contributed by atoms with van der Waals surface area (Å²) in [6.07, 6.45) is 5.47. The van der Waals surface area contributed by atoms with Crippen molar-refractivity contribution >= 4 is 17.6 Å². The van der Waals surface area contributed by atoms with Crippen LogP contribution in [0.5, 0.6) is 0 Å². The summed E-state index contributed by atoms with van der Waals surface area (Å²) in [5.41, 5.74) is 1.46. The summed E-state index contributed by atoms with van der Waals surface area (Å²) in [5.74, 6) is 2.73. The number of anilines is 1. The Labute approximate surface area is 161 Å². The van der Waals surface area contributed by atoms with Crippen LogP contribution in [0.4, 0.5) is 5.82 Å². The fourth-order valence-corrected chi connectivity index (χ4v) is 4.02. The predicted octanol–water partition coefficient (Wildman–Crippen LogP) is 1.93. The molecule has 0 bridgehead atoms. The van der Waals surface area contributed by atoms with E-state index in [1.807, 2.05) is 0 Å². The lowest BCUT2D eigenvalue weighted by atomic mass is 9.81. The second kappa shape index (κ2) is 8.67. The number of fused-ring (bicyclic) bond motifs is 1. The number of hydrogen-bond acceptors (Lipinski definition) is 5. The van der Waals surface area contributed by atoms with E-state index in [2.05, 4.69) is 34.8 Å². The van der Waals surface area contributed by atoms with Gasteiger partial charge in [0.1, 0.15) is 17.3 Å². The molecule has 3 rings (SSSR count). The Morgan fingerprint density at radius 2 is 1.96 bits per heavy atom. The molecule has 27 heavy (non-hydrogen) atoms. The monoisotopic (exact) mass is 373 g/mol. The quantitative estimate of drug-likeness (QED) is 0.708. The van der Waals surface area contributed by atoms with Crippen LogP contribution in [0.2, 0.25) is 0 Å². The summed E-state index contributed by atoms with van der Waals surface area (Å²) < 4.78 is 0. The van der Waals surface area contributed by atoms with E-state index in [0.29, 0.717) is 24.1 Å². The molecule has 1 aliphatic carbocycles. The first-order valence-electron chi connectivity index (χ1n) is 10.1. The first kappa shape index (κ1) is 19.6. The van der Waals surface area contributed by atoms with E-state index >= 15 is 0 Å². The molecular weight excluding hydrogens is 342 g/mol. The molecule has 148 valence electrons. The number of nitrogens with one attached hydrogen (secondary N) is 3. The molecule has 0 saturated heterocycles. The zero-order valence-corrected chi connectivity index (χ0v) is 16.6. The molecule has 0 atom stereocenters. The molecule has 1 aromatic rings. The third-order valence-corrected chi connectivity index (χ3v) is 5.54. The number of amides is 2. The largest absolute Gasteiger partial charge is 0.369 e.